The summed E-state index contributed by atoms with van der Waals surface area (Å²) in [6.07, 6.45) is -2.51. The second-order valence-electron chi connectivity index (χ2n) is 4.39. The van der Waals surface area contributed by atoms with Gasteiger partial charge >= 0.3 is 11.9 Å². The van der Waals surface area contributed by atoms with Gasteiger partial charge in [-0.1, -0.05) is 0 Å². The highest BCUT2D eigenvalue weighted by atomic mass is 16.7. The van der Waals surface area contributed by atoms with Crippen LogP contribution >= 0.6 is 0 Å². The predicted molar refractivity (Wildman–Crippen MR) is 65.5 cm³/mol. The molecule has 0 bridgehead atoms. The van der Waals surface area contributed by atoms with Crippen molar-refractivity contribution in [1.82, 2.24) is 5.32 Å². The van der Waals surface area contributed by atoms with Gasteiger partial charge in [0.25, 0.3) is 0 Å². The van der Waals surface area contributed by atoms with E-state index in [1.807, 2.05) is 0 Å². The molecule has 1 rings (SSSR count). The molecule has 20 heavy (non-hydrogen) atoms. The number of nitrogens with one attached hydrogen (secondary N) is 1. The monoisotopic (exact) mass is 289 g/mol. The minimum atomic E-state index is -0.903. The van der Waals surface area contributed by atoms with Gasteiger partial charge in [0.1, 0.15) is 12.1 Å². The first-order valence-corrected chi connectivity index (χ1v) is 6.11. The average Bonchev–Trinajstić information content (AvgIpc) is 2.31. The van der Waals surface area contributed by atoms with E-state index in [-0.39, 0.29) is 12.5 Å². The van der Waals surface area contributed by atoms with Crippen LogP contribution in [0.3, 0.4) is 0 Å². The van der Waals surface area contributed by atoms with Crippen molar-refractivity contribution in [3.8, 4) is 0 Å². The first kappa shape index (κ1) is 16.4. The van der Waals surface area contributed by atoms with E-state index in [9.17, 15) is 14.4 Å². The smallest absolute Gasteiger partial charge is 0.303 e. The van der Waals surface area contributed by atoms with Gasteiger partial charge in [-0.2, -0.15) is 0 Å². The van der Waals surface area contributed by atoms with Gasteiger partial charge in [0.05, 0.1) is 6.61 Å². The van der Waals surface area contributed by atoms with Crippen LogP contribution in [0.1, 0.15) is 20.8 Å². The lowest BCUT2D eigenvalue weighted by Gasteiger charge is -2.40. The second-order valence-corrected chi connectivity index (χ2v) is 4.39. The van der Waals surface area contributed by atoms with Crippen molar-refractivity contribution in [3.05, 3.63) is 0 Å². The van der Waals surface area contributed by atoms with Crippen molar-refractivity contribution in [3.63, 3.8) is 0 Å². The molecular formula is C12H19NO7. The van der Waals surface area contributed by atoms with Crippen LogP contribution in [-0.2, 0) is 33.3 Å². The standard InChI is InChI=1S/C12H19NO7/c1-6(14)13-10-9(19-7(2)15)5-18-12(17-4)11(10)20-8(3)16/h9-12H,5H2,1-4H3,(H,13,14)/t9-,10+,11-,12-/m1/s1. The Morgan fingerprint density at radius 1 is 1.10 bits per heavy atom. The number of hydrogen-bond acceptors (Lipinski definition) is 7. The zero-order chi connectivity index (χ0) is 15.3. The number of carbonyl (C=O) groups is 3. The molecule has 0 aliphatic carbocycles. The molecule has 0 radical (unpaired) electrons. The summed E-state index contributed by atoms with van der Waals surface area (Å²) >= 11 is 0. The van der Waals surface area contributed by atoms with Crippen molar-refractivity contribution in [1.29, 1.82) is 0 Å². The molecule has 8 nitrogen and oxygen atoms in total. The zero-order valence-corrected chi connectivity index (χ0v) is 11.9. The minimum absolute atomic E-state index is 0.0286. The van der Waals surface area contributed by atoms with Gasteiger partial charge in [-0.05, 0) is 0 Å². The highest BCUT2D eigenvalue weighted by molar-refractivity contribution is 5.74. The number of amides is 1. The van der Waals surface area contributed by atoms with E-state index in [2.05, 4.69) is 5.32 Å². The van der Waals surface area contributed by atoms with Gasteiger partial charge in [-0.25, -0.2) is 0 Å². The molecule has 0 aromatic rings. The minimum Gasteiger partial charge on any atom is -0.458 e. The number of hydrogen-bond donors (Lipinski definition) is 1. The van der Waals surface area contributed by atoms with E-state index >= 15 is 0 Å². The van der Waals surface area contributed by atoms with Crippen LogP contribution in [0.25, 0.3) is 0 Å². The Morgan fingerprint density at radius 3 is 2.15 bits per heavy atom. The lowest BCUT2D eigenvalue weighted by atomic mass is 10.0. The Bertz CT molecular complexity index is 384. The Morgan fingerprint density at radius 2 is 1.70 bits per heavy atom. The molecule has 4 atom stereocenters. The fraction of sp³-hybridized carbons (Fsp3) is 0.750. The summed E-state index contributed by atoms with van der Waals surface area (Å²) in [7, 11) is 1.39. The summed E-state index contributed by atoms with van der Waals surface area (Å²) in [6, 6.07) is -0.737. The lowest BCUT2D eigenvalue weighted by molar-refractivity contribution is -0.247. The number of ether oxygens (including phenoxy) is 4. The molecule has 0 saturated carbocycles. The van der Waals surface area contributed by atoms with Crippen LogP contribution in [-0.4, -0.2) is 56.1 Å². The van der Waals surface area contributed by atoms with Crippen LogP contribution in [0.4, 0.5) is 0 Å². The van der Waals surface area contributed by atoms with Gasteiger partial charge in [-0.3, -0.25) is 14.4 Å². The lowest BCUT2D eigenvalue weighted by Crippen LogP contribution is -2.62. The van der Waals surface area contributed by atoms with E-state index in [1.54, 1.807) is 0 Å². The van der Waals surface area contributed by atoms with Gasteiger partial charge in [0.2, 0.25) is 5.91 Å². The fourth-order valence-electron chi connectivity index (χ4n) is 2.02. The maximum Gasteiger partial charge on any atom is 0.303 e. The summed E-state index contributed by atoms with van der Waals surface area (Å²) in [5.74, 6) is -1.42. The number of methoxy groups -OCH3 is 1. The van der Waals surface area contributed by atoms with E-state index in [0.717, 1.165) is 0 Å². The topological polar surface area (TPSA) is 100 Å². The molecule has 0 unspecified atom stereocenters. The Balaban J connectivity index is 2.95. The summed E-state index contributed by atoms with van der Waals surface area (Å²) in [5, 5.41) is 2.60. The summed E-state index contributed by atoms with van der Waals surface area (Å²) < 4.78 is 20.6. The third-order valence-electron chi connectivity index (χ3n) is 2.67. The predicted octanol–water partition coefficient (Wildman–Crippen LogP) is -0.643. The molecule has 0 aromatic heterocycles. The largest absolute Gasteiger partial charge is 0.458 e. The third-order valence-corrected chi connectivity index (χ3v) is 2.67. The summed E-state index contributed by atoms with van der Waals surface area (Å²) in [6.45, 7) is 3.81. The zero-order valence-electron chi connectivity index (χ0n) is 11.9. The molecule has 1 heterocycles. The fourth-order valence-corrected chi connectivity index (χ4v) is 2.02. The van der Waals surface area contributed by atoms with Crippen LogP contribution < -0.4 is 5.32 Å². The molecule has 1 aliphatic heterocycles. The van der Waals surface area contributed by atoms with Crippen molar-refractivity contribution in [2.75, 3.05) is 13.7 Å². The molecular weight excluding hydrogens is 270 g/mol. The molecule has 8 heteroatoms. The molecule has 1 fully saturated rings. The van der Waals surface area contributed by atoms with Crippen LogP contribution in [0.2, 0.25) is 0 Å². The summed E-state index contributed by atoms with van der Waals surface area (Å²) in [4.78, 5) is 33.6. The maximum atomic E-state index is 11.3. The highest BCUT2D eigenvalue weighted by Crippen LogP contribution is 2.22. The second kappa shape index (κ2) is 7.20. The number of esters is 2. The van der Waals surface area contributed by atoms with Crippen molar-refractivity contribution in [2.45, 2.75) is 45.3 Å². The van der Waals surface area contributed by atoms with Crippen LogP contribution in [0.15, 0.2) is 0 Å². The van der Waals surface area contributed by atoms with Crippen LogP contribution in [0, 0.1) is 0 Å². The van der Waals surface area contributed by atoms with Gasteiger partial charge in [0.15, 0.2) is 12.4 Å². The van der Waals surface area contributed by atoms with E-state index in [1.165, 1.54) is 27.9 Å². The number of carbonyl (C=O) groups excluding carboxylic acids is 3. The van der Waals surface area contributed by atoms with Crippen molar-refractivity contribution < 1.29 is 33.3 Å². The quantitative estimate of drug-likeness (QED) is 0.687. The maximum absolute atomic E-state index is 11.3. The molecule has 1 aliphatic rings. The van der Waals surface area contributed by atoms with E-state index in [4.69, 9.17) is 18.9 Å². The SMILES string of the molecule is CO[C@@H]1OC[C@@H](OC(C)=O)[C@H](NC(C)=O)[C@H]1OC(C)=O. The molecule has 1 saturated heterocycles. The Labute approximate surface area is 116 Å². The van der Waals surface area contributed by atoms with Gasteiger partial charge < -0.3 is 24.3 Å². The number of rotatable bonds is 4. The van der Waals surface area contributed by atoms with Gasteiger partial charge in [0, 0.05) is 27.9 Å². The van der Waals surface area contributed by atoms with Crippen molar-refractivity contribution in [2.24, 2.45) is 0 Å². The first-order valence-electron chi connectivity index (χ1n) is 6.11. The molecule has 0 spiro atoms. The first-order chi connectivity index (χ1) is 9.35. The van der Waals surface area contributed by atoms with Crippen LogP contribution in [0.5, 0.6) is 0 Å². The average molecular weight is 289 g/mol. The Kier molecular flexibility index (Phi) is 5.90. The van der Waals surface area contributed by atoms with Gasteiger partial charge in [-0.15, -0.1) is 0 Å². The van der Waals surface area contributed by atoms with E-state index < -0.39 is 36.5 Å². The molecule has 114 valence electrons. The third kappa shape index (κ3) is 4.46. The highest BCUT2D eigenvalue weighted by Gasteiger charge is 2.45. The molecule has 0 aromatic carbocycles. The summed E-state index contributed by atoms with van der Waals surface area (Å²) in [5.41, 5.74) is 0. The van der Waals surface area contributed by atoms with Crippen molar-refractivity contribution >= 4 is 17.8 Å². The Hall–Kier alpha value is -1.67. The molecule has 1 N–H and O–H groups in total. The molecule has 1 amide bonds. The normalized spacial score (nSPS) is 29.4. The van der Waals surface area contributed by atoms with E-state index in [0.29, 0.717) is 0 Å².